The van der Waals surface area contributed by atoms with Crippen molar-refractivity contribution in [2.75, 3.05) is 46.7 Å². The Balaban J connectivity index is 1.65. The van der Waals surface area contributed by atoms with Gasteiger partial charge in [0.25, 0.3) is 5.91 Å². The summed E-state index contributed by atoms with van der Waals surface area (Å²) in [5, 5.41) is 3.91. The molecular formula is C25H33FN6O2. The van der Waals surface area contributed by atoms with Gasteiger partial charge in [0.05, 0.1) is 0 Å². The topological polar surface area (TPSA) is 75.5 Å². The number of hydrogen-bond acceptors (Lipinski definition) is 6. The van der Waals surface area contributed by atoms with E-state index in [1.165, 1.54) is 6.07 Å². The van der Waals surface area contributed by atoms with Crippen LogP contribution in [0.3, 0.4) is 0 Å². The summed E-state index contributed by atoms with van der Waals surface area (Å²) in [6, 6.07) is 6.58. The quantitative estimate of drug-likeness (QED) is 0.506. The van der Waals surface area contributed by atoms with Crippen LogP contribution in [0.15, 0.2) is 30.5 Å². The van der Waals surface area contributed by atoms with E-state index in [9.17, 15) is 9.18 Å². The van der Waals surface area contributed by atoms with Gasteiger partial charge in [-0.05, 0) is 58.0 Å². The van der Waals surface area contributed by atoms with Gasteiger partial charge < -0.3 is 24.4 Å². The van der Waals surface area contributed by atoms with Gasteiger partial charge in [-0.1, -0.05) is 6.92 Å². The van der Waals surface area contributed by atoms with Gasteiger partial charge in [-0.3, -0.25) is 4.79 Å². The lowest BCUT2D eigenvalue weighted by Crippen LogP contribution is -2.42. The van der Waals surface area contributed by atoms with Crippen LogP contribution < -0.4 is 10.1 Å². The summed E-state index contributed by atoms with van der Waals surface area (Å²) in [5.74, 6) is 0.0481. The van der Waals surface area contributed by atoms with Crippen LogP contribution in [0.4, 0.5) is 16.0 Å². The lowest BCUT2D eigenvalue weighted by atomic mass is 9.74. The first-order valence-electron chi connectivity index (χ1n) is 11.7. The fourth-order valence-electron chi connectivity index (χ4n) is 4.40. The molecule has 182 valence electrons. The highest BCUT2D eigenvalue weighted by Gasteiger charge is 2.41. The maximum Gasteiger partial charge on any atom is 0.270 e. The fourth-order valence-corrected chi connectivity index (χ4v) is 4.40. The maximum absolute atomic E-state index is 14.6. The summed E-state index contributed by atoms with van der Waals surface area (Å²) in [6.45, 7) is 3.26. The van der Waals surface area contributed by atoms with E-state index in [-0.39, 0.29) is 17.2 Å². The predicted molar refractivity (Wildman–Crippen MR) is 131 cm³/mol. The third kappa shape index (κ3) is 4.57. The standard InChI is InChI=1S/C25H33FN6O2/c1-6-25(10-7-11-25)32-20(23(33)31(4)5)14-17-16-27-24(29-22(17)32)28-18-8-9-21(19(26)15-18)34-13-12-30(2)3/h8-9,14-16H,6-7,10-13H2,1-5H3,(H,27,28,29). The van der Waals surface area contributed by atoms with Crippen molar-refractivity contribution in [3.63, 3.8) is 0 Å². The number of rotatable bonds is 9. The fraction of sp³-hybridized carbons (Fsp3) is 0.480. The molecule has 1 saturated carbocycles. The molecule has 2 heterocycles. The minimum atomic E-state index is -0.452. The Morgan fingerprint density at radius 2 is 2.00 bits per heavy atom. The van der Waals surface area contributed by atoms with E-state index in [1.54, 1.807) is 37.3 Å². The lowest BCUT2D eigenvalue weighted by Gasteiger charge is -2.44. The number of likely N-dealkylation sites (N-methyl/N-ethyl adjacent to an activating group) is 1. The number of carbonyl (C=O) groups excluding carboxylic acids is 1. The molecule has 34 heavy (non-hydrogen) atoms. The average Bonchev–Trinajstić information content (AvgIpc) is 3.13. The second-order valence-corrected chi connectivity index (χ2v) is 9.39. The summed E-state index contributed by atoms with van der Waals surface area (Å²) in [5.41, 5.74) is 1.74. The van der Waals surface area contributed by atoms with Crippen LogP contribution in [-0.4, -0.2) is 71.6 Å². The smallest absolute Gasteiger partial charge is 0.270 e. The first kappa shape index (κ1) is 23.9. The molecule has 4 rings (SSSR count). The van der Waals surface area contributed by atoms with E-state index in [1.807, 2.05) is 25.1 Å². The van der Waals surface area contributed by atoms with Gasteiger partial charge in [0.2, 0.25) is 5.95 Å². The average molecular weight is 469 g/mol. The number of nitrogens with zero attached hydrogens (tertiary/aromatic N) is 5. The maximum atomic E-state index is 14.6. The van der Waals surface area contributed by atoms with Crippen LogP contribution in [0.2, 0.25) is 0 Å². The number of benzene rings is 1. The predicted octanol–water partition coefficient (Wildman–Crippen LogP) is 4.25. The highest BCUT2D eigenvalue weighted by Crippen LogP contribution is 2.45. The third-order valence-corrected chi connectivity index (χ3v) is 6.57. The Labute approximate surface area is 199 Å². The Bertz CT molecular complexity index is 1180. The second kappa shape index (κ2) is 9.58. The molecule has 0 saturated heterocycles. The highest BCUT2D eigenvalue weighted by molar-refractivity contribution is 5.98. The molecule has 1 aromatic carbocycles. The van der Waals surface area contributed by atoms with E-state index in [0.717, 1.165) is 31.1 Å². The minimum Gasteiger partial charge on any atom is -0.489 e. The molecule has 1 fully saturated rings. The van der Waals surface area contributed by atoms with Gasteiger partial charge >= 0.3 is 0 Å². The Morgan fingerprint density at radius 3 is 2.59 bits per heavy atom. The monoisotopic (exact) mass is 468 g/mol. The largest absolute Gasteiger partial charge is 0.489 e. The molecule has 8 nitrogen and oxygen atoms in total. The number of halogens is 1. The second-order valence-electron chi connectivity index (χ2n) is 9.39. The zero-order valence-electron chi connectivity index (χ0n) is 20.6. The Hall–Kier alpha value is -3.20. The minimum absolute atomic E-state index is 0.0563. The molecule has 3 aromatic rings. The number of amides is 1. The molecule has 0 unspecified atom stereocenters. The van der Waals surface area contributed by atoms with Crippen molar-refractivity contribution in [1.29, 1.82) is 0 Å². The van der Waals surface area contributed by atoms with E-state index in [2.05, 4.69) is 21.8 Å². The van der Waals surface area contributed by atoms with Crippen LogP contribution >= 0.6 is 0 Å². The van der Waals surface area contributed by atoms with Gasteiger partial charge in [0.1, 0.15) is 17.9 Å². The highest BCUT2D eigenvalue weighted by atomic mass is 19.1. The summed E-state index contributed by atoms with van der Waals surface area (Å²) in [6.07, 6.45) is 5.77. The van der Waals surface area contributed by atoms with E-state index < -0.39 is 5.82 Å². The number of hydrogen-bond donors (Lipinski definition) is 1. The van der Waals surface area contributed by atoms with E-state index >= 15 is 0 Å². The SMILES string of the molecule is CCC1(n2c(C(=O)N(C)C)cc3cnc(Nc4ccc(OCCN(C)C)c(F)c4)nc32)CCC1. The van der Waals surface area contributed by atoms with Crippen molar-refractivity contribution in [1.82, 2.24) is 24.3 Å². The molecule has 0 spiro atoms. The van der Waals surface area contributed by atoms with Crippen LogP contribution in [0.25, 0.3) is 11.0 Å². The number of ether oxygens (including phenoxy) is 1. The number of fused-ring (bicyclic) bond motifs is 1. The molecule has 0 aliphatic heterocycles. The van der Waals surface area contributed by atoms with Crippen molar-refractivity contribution in [2.45, 2.75) is 38.1 Å². The van der Waals surface area contributed by atoms with E-state index in [0.29, 0.717) is 36.1 Å². The molecule has 1 amide bonds. The normalized spacial score (nSPS) is 14.8. The number of carbonyl (C=O) groups is 1. The van der Waals surface area contributed by atoms with Crippen molar-refractivity contribution in [2.24, 2.45) is 0 Å². The third-order valence-electron chi connectivity index (χ3n) is 6.57. The molecule has 1 aliphatic carbocycles. The summed E-state index contributed by atoms with van der Waals surface area (Å²) < 4.78 is 22.2. The molecule has 0 bridgehead atoms. The van der Waals surface area contributed by atoms with E-state index in [4.69, 9.17) is 9.72 Å². The van der Waals surface area contributed by atoms with Gasteiger partial charge in [-0.25, -0.2) is 9.37 Å². The number of aromatic nitrogens is 3. The lowest BCUT2D eigenvalue weighted by molar-refractivity contribution is 0.0780. The van der Waals surface area contributed by atoms with Gasteiger partial charge in [-0.2, -0.15) is 4.98 Å². The van der Waals surface area contributed by atoms with Gasteiger partial charge in [0.15, 0.2) is 11.6 Å². The summed E-state index contributed by atoms with van der Waals surface area (Å²) in [7, 11) is 7.38. The number of nitrogens with one attached hydrogen (secondary N) is 1. The zero-order valence-corrected chi connectivity index (χ0v) is 20.6. The molecule has 9 heteroatoms. The zero-order chi connectivity index (χ0) is 24.5. The molecule has 2 aromatic heterocycles. The van der Waals surface area contributed by atoms with Crippen LogP contribution in [-0.2, 0) is 5.54 Å². The molecule has 1 N–H and O–H groups in total. The molecule has 0 radical (unpaired) electrons. The molecule has 1 aliphatic rings. The van der Waals surface area contributed by atoms with Crippen molar-refractivity contribution in [3.8, 4) is 5.75 Å². The first-order valence-corrected chi connectivity index (χ1v) is 11.7. The van der Waals surface area contributed by atoms with Crippen molar-refractivity contribution >= 4 is 28.6 Å². The van der Waals surface area contributed by atoms with Gasteiger partial charge in [0, 0.05) is 49.5 Å². The van der Waals surface area contributed by atoms with Gasteiger partial charge in [-0.15, -0.1) is 0 Å². The van der Waals surface area contributed by atoms with Crippen LogP contribution in [0.1, 0.15) is 43.1 Å². The summed E-state index contributed by atoms with van der Waals surface area (Å²) >= 11 is 0. The Morgan fingerprint density at radius 1 is 1.24 bits per heavy atom. The first-order chi connectivity index (χ1) is 16.2. The summed E-state index contributed by atoms with van der Waals surface area (Å²) in [4.78, 5) is 25.7. The number of anilines is 2. The molecule has 0 atom stereocenters. The van der Waals surface area contributed by atoms with Crippen LogP contribution in [0.5, 0.6) is 5.75 Å². The van der Waals surface area contributed by atoms with Crippen molar-refractivity contribution < 1.29 is 13.9 Å². The Kier molecular flexibility index (Phi) is 6.74. The van der Waals surface area contributed by atoms with Crippen molar-refractivity contribution in [3.05, 3.63) is 42.0 Å². The van der Waals surface area contributed by atoms with Crippen LogP contribution in [0, 0.1) is 5.82 Å². The molecular weight excluding hydrogens is 435 g/mol.